The van der Waals surface area contributed by atoms with Crippen molar-refractivity contribution in [3.63, 3.8) is 0 Å². The van der Waals surface area contributed by atoms with E-state index in [2.05, 4.69) is 10.3 Å². The largest absolute Gasteiger partial charge is 0.342 e. The maximum Gasteiger partial charge on any atom is 0.251 e. The Bertz CT molecular complexity index is 1020. The van der Waals surface area contributed by atoms with E-state index in [1.807, 2.05) is 68.4 Å². The maximum atomic E-state index is 13.1. The van der Waals surface area contributed by atoms with Gasteiger partial charge in [0.2, 0.25) is 5.91 Å². The van der Waals surface area contributed by atoms with Gasteiger partial charge in [0.05, 0.1) is 17.1 Å². The van der Waals surface area contributed by atoms with Crippen LogP contribution in [0.4, 0.5) is 0 Å². The summed E-state index contributed by atoms with van der Waals surface area (Å²) in [5.41, 5.74) is 2.20. The molecule has 0 saturated carbocycles. The predicted molar refractivity (Wildman–Crippen MR) is 117 cm³/mol. The molecule has 0 radical (unpaired) electrons. The summed E-state index contributed by atoms with van der Waals surface area (Å²) >= 11 is 0. The molecule has 1 atom stereocenters. The smallest absolute Gasteiger partial charge is 0.251 e. The zero-order valence-corrected chi connectivity index (χ0v) is 18.2. The summed E-state index contributed by atoms with van der Waals surface area (Å²) in [6.07, 6.45) is 3.17. The summed E-state index contributed by atoms with van der Waals surface area (Å²) in [6, 6.07) is 10.9. The number of carbonyl (C=O) groups is 2. The minimum absolute atomic E-state index is 0.0251. The topological polar surface area (TPSA) is 80.1 Å². The Labute approximate surface area is 177 Å². The highest BCUT2D eigenvalue weighted by atomic mass is 16.2. The van der Waals surface area contributed by atoms with Crippen LogP contribution < -0.4 is 5.32 Å². The zero-order chi connectivity index (χ0) is 21.8. The molecule has 0 aliphatic carbocycles. The third-order valence-corrected chi connectivity index (χ3v) is 5.06. The fraction of sp³-hybridized carbons (Fsp3) is 0.391. The summed E-state index contributed by atoms with van der Waals surface area (Å²) in [5, 5.41) is 2.99. The normalized spacial score (nSPS) is 12.4. The number of nitrogens with one attached hydrogen (secondary N) is 1. The SMILES string of the molecule is CC(NC(=O)c1ccncc1)c1nc2ccccc2n1CC(=O)N(C(C)C)C(C)C. The molecule has 0 aliphatic rings. The quantitative estimate of drug-likeness (QED) is 0.649. The molecule has 0 fully saturated rings. The third-order valence-electron chi connectivity index (χ3n) is 5.06. The lowest BCUT2D eigenvalue weighted by Gasteiger charge is -2.31. The fourth-order valence-electron chi connectivity index (χ4n) is 3.83. The van der Waals surface area contributed by atoms with Crippen LogP contribution in [-0.2, 0) is 11.3 Å². The molecule has 1 N–H and O–H groups in total. The molecular formula is C23H29N5O2. The lowest BCUT2D eigenvalue weighted by Crippen LogP contribution is -2.44. The lowest BCUT2D eigenvalue weighted by molar-refractivity contribution is -0.135. The average Bonchev–Trinajstić information content (AvgIpc) is 3.06. The number of rotatable bonds is 7. The van der Waals surface area contributed by atoms with Crippen molar-refractivity contribution in [2.24, 2.45) is 0 Å². The average molecular weight is 408 g/mol. The molecule has 2 aromatic heterocycles. The van der Waals surface area contributed by atoms with Crippen molar-refractivity contribution < 1.29 is 9.59 Å². The minimum Gasteiger partial charge on any atom is -0.342 e. The maximum absolute atomic E-state index is 13.1. The second-order valence-electron chi connectivity index (χ2n) is 7.96. The summed E-state index contributed by atoms with van der Waals surface area (Å²) in [5.74, 6) is 0.470. The number of pyridine rings is 1. The number of hydrogen-bond donors (Lipinski definition) is 1. The zero-order valence-electron chi connectivity index (χ0n) is 18.2. The van der Waals surface area contributed by atoms with Gasteiger partial charge >= 0.3 is 0 Å². The molecule has 2 heterocycles. The number of amides is 2. The van der Waals surface area contributed by atoms with Crippen LogP contribution in [0.3, 0.4) is 0 Å². The van der Waals surface area contributed by atoms with Gasteiger partial charge in [-0.25, -0.2) is 4.98 Å². The van der Waals surface area contributed by atoms with Crippen LogP contribution in [-0.4, -0.2) is 43.3 Å². The van der Waals surface area contributed by atoms with Crippen molar-refractivity contribution in [1.29, 1.82) is 0 Å². The number of nitrogens with zero attached hydrogens (tertiary/aromatic N) is 4. The number of aromatic nitrogens is 3. The Morgan fingerprint density at radius 3 is 2.27 bits per heavy atom. The molecule has 3 rings (SSSR count). The van der Waals surface area contributed by atoms with E-state index in [1.54, 1.807) is 24.5 Å². The molecule has 1 unspecified atom stereocenters. The van der Waals surface area contributed by atoms with E-state index >= 15 is 0 Å². The van der Waals surface area contributed by atoms with E-state index in [-0.39, 0.29) is 36.5 Å². The predicted octanol–water partition coefficient (Wildman–Crippen LogP) is 3.57. The van der Waals surface area contributed by atoms with Gasteiger partial charge in [-0.05, 0) is 58.9 Å². The monoisotopic (exact) mass is 407 g/mol. The molecule has 7 nitrogen and oxygen atoms in total. The first-order valence-corrected chi connectivity index (χ1v) is 10.3. The molecule has 30 heavy (non-hydrogen) atoms. The Morgan fingerprint density at radius 2 is 1.63 bits per heavy atom. The molecule has 0 aliphatic heterocycles. The molecule has 2 amide bonds. The number of hydrogen-bond acceptors (Lipinski definition) is 4. The first-order chi connectivity index (χ1) is 14.3. The van der Waals surface area contributed by atoms with E-state index < -0.39 is 0 Å². The minimum atomic E-state index is -0.377. The summed E-state index contributed by atoms with van der Waals surface area (Å²) in [6.45, 7) is 10.1. The Kier molecular flexibility index (Phi) is 6.50. The number of imidazole rings is 1. The molecular weight excluding hydrogens is 378 g/mol. The van der Waals surface area contributed by atoms with Crippen molar-refractivity contribution in [3.8, 4) is 0 Å². The number of fused-ring (bicyclic) bond motifs is 1. The van der Waals surface area contributed by atoms with Gasteiger partial charge < -0.3 is 14.8 Å². The molecule has 0 saturated heterocycles. The van der Waals surface area contributed by atoms with Crippen molar-refractivity contribution in [1.82, 2.24) is 24.8 Å². The highest BCUT2D eigenvalue weighted by molar-refractivity contribution is 5.94. The fourth-order valence-corrected chi connectivity index (χ4v) is 3.83. The van der Waals surface area contributed by atoms with Gasteiger partial charge in [0.25, 0.3) is 5.91 Å². The highest BCUT2D eigenvalue weighted by Gasteiger charge is 2.25. The number of benzene rings is 1. The first kappa shape index (κ1) is 21.5. The van der Waals surface area contributed by atoms with Gasteiger partial charge in [0.15, 0.2) is 0 Å². The lowest BCUT2D eigenvalue weighted by atomic mass is 10.2. The Hall–Kier alpha value is -3.22. The van der Waals surface area contributed by atoms with E-state index in [0.717, 1.165) is 11.0 Å². The van der Waals surface area contributed by atoms with Gasteiger partial charge in [0.1, 0.15) is 12.4 Å². The van der Waals surface area contributed by atoms with Crippen molar-refractivity contribution in [2.45, 2.75) is 59.3 Å². The van der Waals surface area contributed by atoms with E-state index in [4.69, 9.17) is 4.98 Å². The van der Waals surface area contributed by atoms with Crippen molar-refractivity contribution >= 4 is 22.8 Å². The van der Waals surface area contributed by atoms with Crippen molar-refractivity contribution in [2.75, 3.05) is 0 Å². The van der Waals surface area contributed by atoms with Crippen LogP contribution in [0, 0.1) is 0 Å². The summed E-state index contributed by atoms with van der Waals surface area (Å²) in [4.78, 5) is 36.3. The van der Waals surface area contributed by atoms with Crippen molar-refractivity contribution in [3.05, 3.63) is 60.2 Å². The Morgan fingerprint density at radius 1 is 1.00 bits per heavy atom. The molecule has 7 heteroatoms. The molecule has 0 bridgehead atoms. The van der Waals surface area contributed by atoms with Gasteiger partial charge in [-0.2, -0.15) is 0 Å². The number of para-hydroxylation sites is 2. The van der Waals surface area contributed by atoms with Crippen LogP contribution in [0.5, 0.6) is 0 Å². The van der Waals surface area contributed by atoms with Crippen LogP contribution in [0.1, 0.15) is 56.8 Å². The molecule has 158 valence electrons. The van der Waals surface area contributed by atoms with Crippen LogP contribution in [0.15, 0.2) is 48.8 Å². The van der Waals surface area contributed by atoms with E-state index in [9.17, 15) is 9.59 Å². The molecule has 1 aromatic carbocycles. The summed E-state index contributed by atoms with van der Waals surface area (Å²) < 4.78 is 1.91. The third kappa shape index (κ3) is 4.50. The van der Waals surface area contributed by atoms with Crippen LogP contribution in [0.2, 0.25) is 0 Å². The van der Waals surface area contributed by atoms with Gasteiger partial charge in [-0.1, -0.05) is 12.1 Å². The van der Waals surface area contributed by atoms with Crippen LogP contribution in [0.25, 0.3) is 11.0 Å². The Balaban J connectivity index is 1.93. The number of carbonyl (C=O) groups excluding carboxylic acids is 2. The van der Waals surface area contributed by atoms with E-state index in [1.165, 1.54) is 0 Å². The first-order valence-electron chi connectivity index (χ1n) is 10.3. The summed E-state index contributed by atoms with van der Waals surface area (Å²) in [7, 11) is 0. The van der Waals surface area contributed by atoms with Crippen LogP contribution >= 0.6 is 0 Å². The van der Waals surface area contributed by atoms with Gasteiger partial charge in [-0.15, -0.1) is 0 Å². The van der Waals surface area contributed by atoms with E-state index in [0.29, 0.717) is 11.4 Å². The molecule has 0 spiro atoms. The standard InChI is InChI=1S/C23H29N5O2/c1-15(2)28(16(3)4)21(29)14-27-20-9-7-6-8-19(20)26-22(27)17(5)25-23(30)18-10-12-24-13-11-18/h6-13,15-17H,14H2,1-5H3,(H,25,30). The second kappa shape index (κ2) is 9.07. The van der Waals surface area contributed by atoms with Gasteiger partial charge in [0, 0.05) is 30.0 Å². The second-order valence-corrected chi connectivity index (χ2v) is 7.96. The highest BCUT2D eigenvalue weighted by Crippen LogP contribution is 2.22. The molecule has 3 aromatic rings. The van der Waals surface area contributed by atoms with Gasteiger partial charge in [-0.3, -0.25) is 14.6 Å².